The third kappa shape index (κ3) is 4.68. The molecule has 1 aromatic carbocycles. The van der Waals surface area contributed by atoms with Crippen LogP contribution in [0.25, 0.3) is 10.9 Å². The van der Waals surface area contributed by atoms with Crippen LogP contribution >= 0.6 is 0 Å². The number of aromatic nitrogens is 3. The van der Waals surface area contributed by atoms with Gasteiger partial charge in [0, 0.05) is 48.5 Å². The van der Waals surface area contributed by atoms with Gasteiger partial charge in [0.15, 0.2) is 0 Å². The first kappa shape index (κ1) is 19.3. The number of nitrogens with zero attached hydrogens (tertiary/aromatic N) is 4. The Morgan fingerprint density at radius 1 is 1.10 bits per heavy atom. The van der Waals surface area contributed by atoms with Gasteiger partial charge in [-0.1, -0.05) is 12.5 Å². The second kappa shape index (κ2) is 8.96. The molecule has 3 heterocycles. The Bertz CT molecular complexity index is 1050. The van der Waals surface area contributed by atoms with Crippen LogP contribution in [-0.2, 0) is 6.54 Å². The van der Waals surface area contributed by atoms with Crippen molar-refractivity contribution < 1.29 is 4.79 Å². The molecule has 0 bridgehead atoms. The van der Waals surface area contributed by atoms with Crippen molar-refractivity contribution in [3.8, 4) is 0 Å². The highest BCUT2D eigenvalue weighted by Gasteiger charge is 2.23. The lowest BCUT2D eigenvalue weighted by Gasteiger charge is -2.35. The number of carbonyl (C=O) groups excluding carboxylic acids is 1. The van der Waals surface area contributed by atoms with Crippen molar-refractivity contribution in [2.24, 2.45) is 0 Å². The van der Waals surface area contributed by atoms with Gasteiger partial charge in [0.1, 0.15) is 0 Å². The van der Waals surface area contributed by atoms with Crippen LogP contribution in [0.2, 0.25) is 0 Å². The van der Waals surface area contributed by atoms with Gasteiger partial charge in [0.05, 0.1) is 12.1 Å². The number of pyridine rings is 1. The van der Waals surface area contributed by atoms with E-state index in [1.54, 1.807) is 18.5 Å². The number of carbonyl (C=O) groups is 1. The molecule has 1 N–H and O–H groups in total. The fourth-order valence-electron chi connectivity index (χ4n) is 3.89. The molecule has 150 valence electrons. The minimum atomic E-state index is -0.0832. The molecule has 29 heavy (non-hydrogen) atoms. The summed E-state index contributed by atoms with van der Waals surface area (Å²) in [6, 6.07) is 12.9. The average Bonchev–Trinajstić information content (AvgIpc) is 2.77. The predicted molar refractivity (Wildman–Crippen MR) is 112 cm³/mol. The first-order valence-electron chi connectivity index (χ1n) is 10.1. The minimum absolute atomic E-state index is 0.0674. The molecule has 1 aliphatic heterocycles. The van der Waals surface area contributed by atoms with Crippen molar-refractivity contribution in [1.82, 2.24) is 25.0 Å². The van der Waals surface area contributed by atoms with Gasteiger partial charge >= 0.3 is 0 Å². The van der Waals surface area contributed by atoms with Gasteiger partial charge in [0.25, 0.3) is 11.5 Å². The Balaban J connectivity index is 1.36. The third-order valence-corrected chi connectivity index (χ3v) is 5.50. The average molecular weight is 391 g/mol. The van der Waals surface area contributed by atoms with E-state index in [4.69, 9.17) is 0 Å². The Morgan fingerprint density at radius 2 is 2.00 bits per heavy atom. The van der Waals surface area contributed by atoms with E-state index in [1.807, 2.05) is 30.3 Å². The maximum absolute atomic E-state index is 12.7. The highest BCUT2D eigenvalue weighted by Crippen LogP contribution is 2.17. The maximum atomic E-state index is 12.7. The normalized spacial score (nSPS) is 17.3. The molecule has 0 radical (unpaired) electrons. The van der Waals surface area contributed by atoms with Crippen LogP contribution in [0, 0.1) is 0 Å². The number of likely N-dealkylation sites (tertiary alicyclic amines) is 1. The molecule has 1 fully saturated rings. The summed E-state index contributed by atoms with van der Waals surface area (Å²) in [5.74, 6) is -0.0674. The predicted octanol–water partition coefficient (Wildman–Crippen LogP) is 2.08. The van der Waals surface area contributed by atoms with E-state index in [1.165, 1.54) is 10.7 Å². The third-order valence-electron chi connectivity index (χ3n) is 5.50. The van der Waals surface area contributed by atoms with E-state index in [9.17, 15) is 9.59 Å². The number of hydrogen-bond donors (Lipinski definition) is 1. The van der Waals surface area contributed by atoms with Crippen LogP contribution in [0.5, 0.6) is 0 Å². The summed E-state index contributed by atoms with van der Waals surface area (Å²) in [6.45, 7) is 2.88. The van der Waals surface area contributed by atoms with Gasteiger partial charge in [-0.2, -0.15) is 5.10 Å². The lowest BCUT2D eigenvalue weighted by molar-refractivity contribution is 0.0909. The van der Waals surface area contributed by atoms with Crippen LogP contribution in [0.1, 0.15) is 29.6 Å². The quantitative estimate of drug-likeness (QED) is 0.696. The van der Waals surface area contributed by atoms with Crippen molar-refractivity contribution in [3.05, 3.63) is 70.8 Å². The molecule has 7 heteroatoms. The first-order valence-corrected chi connectivity index (χ1v) is 10.1. The van der Waals surface area contributed by atoms with Crippen molar-refractivity contribution in [2.75, 3.05) is 19.6 Å². The number of fused-ring (bicyclic) bond motifs is 1. The molecular formula is C22H25N5O2. The van der Waals surface area contributed by atoms with E-state index in [-0.39, 0.29) is 17.5 Å². The summed E-state index contributed by atoms with van der Waals surface area (Å²) in [5.41, 5.74) is 1.44. The molecular weight excluding hydrogens is 366 g/mol. The molecule has 2 aromatic heterocycles. The number of amides is 1. The molecule has 1 amide bonds. The van der Waals surface area contributed by atoms with Crippen LogP contribution in [0.3, 0.4) is 0 Å². The molecule has 1 saturated heterocycles. The molecule has 1 atom stereocenters. The summed E-state index contributed by atoms with van der Waals surface area (Å²) in [7, 11) is 0. The maximum Gasteiger partial charge on any atom is 0.266 e. The lowest BCUT2D eigenvalue weighted by Crippen LogP contribution is -2.48. The zero-order valence-corrected chi connectivity index (χ0v) is 16.3. The van der Waals surface area contributed by atoms with Crippen molar-refractivity contribution >= 4 is 16.8 Å². The topological polar surface area (TPSA) is 80.1 Å². The summed E-state index contributed by atoms with van der Waals surface area (Å²) in [6.07, 6.45) is 6.72. The monoisotopic (exact) mass is 391 g/mol. The molecule has 7 nitrogen and oxygen atoms in total. The van der Waals surface area contributed by atoms with Gasteiger partial charge < -0.3 is 5.32 Å². The number of piperidine rings is 1. The van der Waals surface area contributed by atoms with Gasteiger partial charge in [-0.05, 0) is 49.7 Å². The van der Waals surface area contributed by atoms with E-state index >= 15 is 0 Å². The zero-order chi connectivity index (χ0) is 20.1. The Morgan fingerprint density at radius 3 is 2.90 bits per heavy atom. The Kier molecular flexibility index (Phi) is 5.95. The fraction of sp³-hybridized carbons (Fsp3) is 0.364. The SMILES string of the molecule is O=C(NCC1CCCCN1CCn1ncccc1=O)c1ccc2ncccc2c1. The smallest absolute Gasteiger partial charge is 0.266 e. The largest absolute Gasteiger partial charge is 0.350 e. The van der Waals surface area contributed by atoms with E-state index in [0.717, 1.165) is 43.3 Å². The summed E-state index contributed by atoms with van der Waals surface area (Å²) >= 11 is 0. The Hall–Kier alpha value is -3.06. The molecule has 0 spiro atoms. The van der Waals surface area contributed by atoms with E-state index in [2.05, 4.69) is 20.3 Å². The van der Waals surface area contributed by atoms with E-state index < -0.39 is 0 Å². The van der Waals surface area contributed by atoms with Crippen LogP contribution < -0.4 is 10.9 Å². The zero-order valence-electron chi connectivity index (χ0n) is 16.3. The second-order valence-electron chi connectivity index (χ2n) is 7.39. The fourth-order valence-corrected chi connectivity index (χ4v) is 3.89. The number of rotatable bonds is 6. The van der Waals surface area contributed by atoms with Crippen molar-refractivity contribution in [2.45, 2.75) is 31.8 Å². The summed E-state index contributed by atoms with van der Waals surface area (Å²) in [5, 5.41) is 8.18. The number of benzene rings is 1. The molecule has 1 unspecified atom stereocenters. The molecule has 0 aliphatic carbocycles. The molecule has 1 aliphatic rings. The number of nitrogens with one attached hydrogen (secondary N) is 1. The first-order chi connectivity index (χ1) is 14.2. The minimum Gasteiger partial charge on any atom is -0.350 e. The van der Waals surface area contributed by atoms with Gasteiger partial charge in [-0.3, -0.25) is 19.5 Å². The Labute approximate surface area is 169 Å². The van der Waals surface area contributed by atoms with Crippen molar-refractivity contribution in [1.29, 1.82) is 0 Å². The van der Waals surface area contributed by atoms with Gasteiger partial charge in [-0.25, -0.2) is 4.68 Å². The summed E-state index contributed by atoms with van der Waals surface area (Å²) < 4.78 is 1.49. The highest BCUT2D eigenvalue weighted by molar-refractivity contribution is 5.97. The van der Waals surface area contributed by atoms with E-state index in [0.29, 0.717) is 18.7 Å². The van der Waals surface area contributed by atoms with Crippen LogP contribution in [-0.4, -0.2) is 51.2 Å². The highest BCUT2D eigenvalue weighted by atomic mass is 16.1. The standard InChI is InChI=1S/C22H25N5O2/c28-21-7-4-11-25-27(21)14-13-26-12-2-1-6-19(26)16-24-22(29)18-8-9-20-17(15-18)5-3-10-23-20/h3-5,7-11,15,19H,1-2,6,12-14,16H2,(H,24,29). The van der Waals surface area contributed by atoms with Gasteiger partial charge in [0.2, 0.25) is 0 Å². The van der Waals surface area contributed by atoms with Gasteiger partial charge in [-0.15, -0.1) is 0 Å². The van der Waals surface area contributed by atoms with Crippen molar-refractivity contribution in [3.63, 3.8) is 0 Å². The lowest BCUT2D eigenvalue weighted by atomic mass is 10.0. The molecule has 0 saturated carbocycles. The van der Waals surface area contributed by atoms with Crippen LogP contribution in [0.15, 0.2) is 59.7 Å². The second-order valence-corrected chi connectivity index (χ2v) is 7.39. The van der Waals surface area contributed by atoms with Crippen LogP contribution in [0.4, 0.5) is 0 Å². The summed E-state index contributed by atoms with van der Waals surface area (Å²) in [4.78, 5) is 31.2. The molecule has 4 rings (SSSR count). The molecule has 3 aromatic rings. The number of hydrogen-bond acceptors (Lipinski definition) is 5.